The summed E-state index contributed by atoms with van der Waals surface area (Å²) >= 11 is 0. The van der Waals surface area contributed by atoms with E-state index in [1.54, 1.807) is 0 Å². The third-order valence-electron chi connectivity index (χ3n) is 2.28. The molecule has 0 aliphatic heterocycles. The van der Waals surface area contributed by atoms with Crippen molar-refractivity contribution in [2.75, 3.05) is 0 Å². The maximum atomic E-state index is 11.4. The largest absolute Gasteiger partial charge is 0.491 e. The highest BCUT2D eigenvalue weighted by Crippen LogP contribution is 2.15. The molecule has 0 fully saturated rings. The Balaban J connectivity index is 2.41. The van der Waals surface area contributed by atoms with Gasteiger partial charge in [0.1, 0.15) is 5.75 Å². The lowest BCUT2D eigenvalue weighted by atomic mass is 10.1. The van der Waals surface area contributed by atoms with Crippen LogP contribution in [0.1, 0.15) is 39.7 Å². The van der Waals surface area contributed by atoms with Crippen molar-refractivity contribution in [3.63, 3.8) is 0 Å². The minimum absolute atomic E-state index is 0.0423. The molecule has 3 heteroatoms. The van der Waals surface area contributed by atoms with E-state index in [0.717, 1.165) is 11.3 Å². The predicted octanol–water partition coefficient (Wildman–Crippen LogP) is 3.36. The van der Waals surface area contributed by atoms with Crippen LogP contribution in [0.25, 0.3) is 0 Å². The smallest absolute Gasteiger partial charge is 0.306 e. The summed E-state index contributed by atoms with van der Waals surface area (Å²) in [4.78, 5) is 11.4. The van der Waals surface area contributed by atoms with E-state index >= 15 is 0 Å². The first-order chi connectivity index (χ1) is 8.47. The number of aryl methyl sites for hydroxylation is 1. The Bertz CT molecular complexity index is 366. The molecule has 0 radical (unpaired) electrons. The summed E-state index contributed by atoms with van der Waals surface area (Å²) in [5, 5.41) is 0. The summed E-state index contributed by atoms with van der Waals surface area (Å²) in [6.07, 6.45) is 1.26. The molecule has 100 valence electrons. The maximum absolute atomic E-state index is 11.4. The second-order valence-electron chi connectivity index (χ2n) is 4.85. The van der Waals surface area contributed by atoms with Crippen LogP contribution in [0.4, 0.5) is 0 Å². The molecule has 3 nitrogen and oxygen atoms in total. The quantitative estimate of drug-likeness (QED) is 0.726. The van der Waals surface area contributed by atoms with E-state index in [1.165, 1.54) is 0 Å². The molecule has 0 saturated carbocycles. The number of ether oxygens (including phenoxy) is 2. The molecule has 0 N–H and O–H groups in total. The topological polar surface area (TPSA) is 35.5 Å². The van der Waals surface area contributed by atoms with E-state index in [-0.39, 0.29) is 18.2 Å². The Morgan fingerprint density at radius 1 is 1.06 bits per heavy atom. The van der Waals surface area contributed by atoms with Crippen LogP contribution >= 0.6 is 0 Å². The summed E-state index contributed by atoms with van der Waals surface area (Å²) in [5.74, 6) is 0.714. The first-order valence-electron chi connectivity index (χ1n) is 6.42. The van der Waals surface area contributed by atoms with Crippen molar-refractivity contribution in [1.29, 1.82) is 0 Å². The highest BCUT2D eigenvalue weighted by Gasteiger charge is 2.06. The Labute approximate surface area is 109 Å². The molecule has 1 aromatic carbocycles. The first kappa shape index (κ1) is 14.6. The molecule has 1 rings (SSSR count). The van der Waals surface area contributed by atoms with Gasteiger partial charge in [0.05, 0.1) is 12.2 Å². The Morgan fingerprint density at radius 2 is 1.67 bits per heavy atom. The van der Waals surface area contributed by atoms with Crippen molar-refractivity contribution in [2.24, 2.45) is 0 Å². The molecular weight excluding hydrogens is 228 g/mol. The van der Waals surface area contributed by atoms with E-state index in [1.807, 2.05) is 52.0 Å². The van der Waals surface area contributed by atoms with Gasteiger partial charge in [-0.25, -0.2) is 0 Å². The molecule has 0 atom stereocenters. The molecule has 0 unspecified atom stereocenters. The number of benzene rings is 1. The van der Waals surface area contributed by atoms with Crippen LogP contribution in [0.5, 0.6) is 5.75 Å². The number of hydrogen-bond acceptors (Lipinski definition) is 3. The molecule has 0 aliphatic rings. The zero-order valence-electron chi connectivity index (χ0n) is 11.6. The van der Waals surface area contributed by atoms with Crippen molar-refractivity contribution in [2.45, 2.75) is 52.7 Å². The summed E-state index contributed by atoms with van der Waals surface area (Å²) in [7, 11) is 0. The third-order valence-corrected chi connectivity index (χ3v) is 2.28. The number of hydrogen-bond donors (Lipinski definition) is 0. The van der Waals surface area contributed by atoms with Gasteiger partial charge in [0.2, 0.25) is 0 Å². The molecule has 0 amide bonds. The fourth-order valence-corrected chi connectivity index (χ4v) is 1.58. The summed E-state index contributed by atoms with van der Waals surface area (Å²) < 4.78 is 10.6. The van der Waals surface area contributed by atoms with E-state index < -0.39 is 0 Å². The predicted molar refractivity (Wildman–Crippen MR) is 71.8 cm³/mol. The van der Waals surface area contributed by atoms with Gasteiger partial charge in [-0.1, -0.05) is 12.1 Å². The zero-order valence-corrected chi connectivity index (χ0v) is 11.6. The van der Waals surface area contributed by atoms with E-state index in [9.17, 15) is 4.79 Å². The average molecular weight is 250 g/mol. The van der Waals surface area contributed by atoms with Crippen molar-refractivity contribution in [3.05, 3.63) is 29.8 Å². The molecular formula is C15H22O3. The van der Waals surface area contributed by atoms with Crippen LogP contribution in [0.3, 0.4) is 0 Å². The van der Waals surface area contributed by atoms with E-state index in [2.05, 4.69) is 0 Å². The molecule has 1 aromatic rings. The molecule has 0 bridgehead atoms. The van der Waals surface area contributed by atoms with Crippen LogP contribution in [0.15, 0.2) is 24.3 Å². The Morgan fingerprint density at radius 3 is 2.17 bits per heavy atom. The van der Waals surface area contributed by atoms with Gasteiger partial charge in [0, 0.05) is 6.42 Å². The molecule has 0 saturated heterocycles. The van der Waals surface area contributed by atoms with Gasteiger partial charge in [0.15, 0.2) is 0 Å². The molecule has 0 heterocycles. The molecule has 18 heavy (non-hydrogen) atoms. The number of esters is 1. The fourth-order valence-electron chi connectivity index (χ4n) is 1.58. The standard InChI is InChI=1S/C15H22O3/c1-11(2)17-14-8-5-13(6-9-14)7-10-15(16)18-12(3)4/h5-6,8-9,11-12H,7,10H2,1-4H3. The van der Waals surface area contributed by atoms with Gasteiger partial charge in [-0.15, -0.1) is 0 Å². The normalized spacial score (nSPS) is 10.8. The second kappa shape index (κ2) is 7.04. The van der Waals surface area contributed by atoms with Crippen LogP contribution < -0.4 is 4.74 Å². The van der Waals surface area contributed by atoms with Crippen molar-refractivity contribution in [3.8, 4) is 5.75 Å². The highest BCUT2D eigenvalue weighted by atomic mass is 16.5. The van der Waals surface area contributed by atoms with E-state index in [4.69, 9.17) is 9.47 Å². The summed E-state index contributed by atoms with van der Waals surface area (Å²) in [5.41, 5.74) is 1.12. The lowest BCUT2D eigenvalue weighted by Gasteiger charge is -2.10. The fraction of sp³-hybridized carbons (Fsp3) is 0.533. The number of carbonyl (C=O) groups is 1. The Hall–Kier alpha value is -1.51. The van der Waals surface area contributed by atoms with Crippen LogP contribution in [-0.2, 0) is 16.0 Å². The highest BCUT2D eigenvalue weighted by molar-refractivity contribution is 5.69. The van der Waals surface area contributed by atoms with Crippen LogP contribution in [-0.4, -0.2) is 18.2 Å². The minimum Gasteiger partial charge on any atom is -0.491 e. The van der Waals surface area contributed by atoms with Gasteiger partial charge in [0.25, 0.3) is 0 Å². The monoisotopic (exact) mass is 250 g/mol. The summed E-state index contributed by atoms with van der Waals surface area (Å²) in [6.45, 7) is 7.71. The minimum atomic E-state index is -0.146. The maximum Gasteiger partial charge on any atom is 0.306 e. The average Bonchev–Trinajstić information content (AvgIpc) is 2.26. The molecule has 0 spiro atoms. The van der Waals surface area contributed by atoms with Crippen LogP contribution in [0, 0.1) is 0 Å². The van der Waals surface area contributed by atoms with Crippen molar-refractivity contribution < 1.29 is 14.3 Å². The lowest BCUT2D eigenvalue weighted by Crippen LogP contribution is -2.11. The number of rotatable bonds is 6. The molecule has 0 aromatic heterocycles. The zero-order chi connectivity index (χ0) is 13.5. The first-order valence-corrected chi connectivity index (χ1v) is 6.42. The van der Waals surface area contributed by atoms with Gasteiger partial charge < -0.3 is 9.47 Å². The Kier molecular flexibility index (Phi) is 5.69. The summed E-state index contributed by atoms with van der Waals surface area (Å²) in [6, 6.07) is 7.84. The van der Waals surface area contributed by atoms with Gasteiger partial charge in [-0.3, -0.25) is 4.79 Å². The van der Waals surface area contributed by atoms with Crippen molar-refractivity contribution in [1.82, 2.24) is 0 Å². The van der Waals surface area contributed by atoms with Gasteiger partial charge in [-0.05, 0) is 51.8 Å². The van der Waals surface area contributed by atoms with Crippen molar-refractivity contribution >= 4 is 5.97 Å². The lowest BCUT2D eigenvalue weighted by molar-refractivity contribution is -0.147. The van der Waals surface area contributed by atoms with Gasteiger partial charge in [-0.2, -0.15) is 0 Å². The third kappa shape index (κ3) is 5.71. The number of carbonyl (C=O) groups excluding carboxylic acids is 1. The van der Waals surface area contributed by atoms with E-state index in [0.29, 0.717) is 12.8 Å². The second-order valence-corrected chi connectivity index (χ2v) is 4.85. The molecule has 0 aliphatic carbocycles. The van der Waals surface area contributed by atoms with Crippen LogP contribution in [0.2, 0.25) is 0 Å². The SMILES string of the molecule is CC(C)OC(=O)CCc1ccc(OC(C)C)cc1. The van der Waals surface area contributed by atoms with Gasteiger partial charge >= 0.3 is 5.97 Å².